The summed E-state index contributed by atoms with van der Waals surface area (Å²) in [5, 5.41) is 14.2. The number of halogens is 3. The van der Waals surface area contributed by atoms with E-state index in [1.807, 2.05) is 31.2 Å². The van der Waals surface area contributed by atoms with Gasteiger partial charge >= 0.3 is 6.18 Å². The number of aromatic hydroxyl groups is 1. The maximum absolute atomic E-state index is 13.1. The Bertz CT molecular complexity index is 1160. The third kappa shape index (κ3) is 5.09. The first-order chi connectivity index (χ1) is 16.3. The van der Waals surface area contributed by atoms with E-state index in [9.17, 15) is 18.3 Å². The average Bonchev–Trinajstić information content (AvgIpc) is 2.85. The number of nitrogens with zero attached hydrogens (tertiary/aromatic N) is 1. The monoisotopic (exact) mass is 468 g/mol. The van der Waals surface area contributed by atoms with Gasteiger partial charge in [0.1, 0.15) is 6.17 Å². The lowest BCUT2D eigenvalue weighted by Gasteiger charge is -2.31. The van der Waals surface area contributed by atoms with Crippen molar-refractivity contribution in [2.45, 2.75) is 45.1 Å². The van der Waals surface area contributed by atoms with Crippen LogP contribution in [0.15, 0.2) is 71.7 Å². The molecule has 0 aromatic heterocycles. The highest BCUT2D eigenvalue weighted by Gasteiger charge is 2.32. The molecule has 3 aromatic rings. The first-order valence-electron chi connectivity index (χ1n) is 11.3. The summed E-state index contributed by atoms with van der Waals surface area (Å²) in [6.07, 6.45) is -3.55. The molecule has 1 aliphatic rings. The number of phenolic OH excluding ortho intramolecular Hbond substituents is 1. The summed E-state index contributed by atoms with van der Waals surface area (Å²) < 4.78 is 44.7. The molecule has 0 fully saturated rings. The Kier molecular flexibility index (Phi) is 6.93. The number of aryl methyl sites for hydroxylation is 1. The van der Waals surface area contributed by atoms with Crippen LogP contribution in [-0.2, 0) is 12.6 Å². The Labute approximate surface area is 197 Å². The van der Waals surface area contributed by atoms with Gasteiger partial charge in [-0.1, -0.05) is 55.5 Å². The van der Waals surface area contributed by atoms with E-state index >= 15 is 0 Å². The number of para-hydroxylation sites is 1. The lowest BCUT2D eigenvalue weighted by Crippen LogP contribution is -2.33. The van der Waals surface area contributed by atoms with Crippen LogP contribution in [0.3, 0.4) is 0 Å². The number of benzene rings is 3. The van der Waals surface area contributed by atoms with Gasteiger partial charge in [-0.05, 0) is 48.2 Å². The van der Waals surface area contributed by atoms with Gasteiger partial charge in [-0.3, -0.25) is 10.3 Å². The Morgan fingerprint density at radius 2 is 1.71 bits per heavy atom. The second kappa shape index (κ2) is 9.89. The quantitative estimate of drug-likeness (QED) is 0.429. The highest BCUT2D eigenvalue weighted by molar-refractivity contribution is 6.01. The number of hydrogen-bond donors (Lipinski definition) is 2. The molecule has 2 atom stereocenters. The van der Waals surface area contributed by atoms with Crippen molar-refractivity contribution in [3.05, 3.63) is 94.5 Å². The van der Waals surface area contributed by atoms with Crippen molar-refractivity contribution < 1.29 is 23.0 Å². The Morgan fingerprint density at radius 3 is 2.32 bits per heavy atom. The smallest absolute Gasteiger partial charge is 0.416 e. The number of hydrogen-bond acceptors (Lipinski definition) is 4. The molecule has 1 aliphatic heterocycles. The summed E-state index contributed by atoms with van der Waals surface area (Å²) in [6, 6.07) is 18.2. The SMILES string of the molecule is CCOc1cccc([C@@H]2CC(c3ccc(CC)cc3)=N[C@H](c3ccc(C(F)(F)F)cc3)N2)c1O. The average molecular weight is 469 g/mol. The van der Waals surface area contributed by atoms with Crippen molar-refractivity contribution in [1.82, 2.24) is 5.32 Å². The van der Waals surface area contributed by atoms with E-state index in [0.717, 1.165) is 29.8 Å². The van der Waals surface area contributed by atoms with Crippen molar-refractivity contribution in [3.8, 4) is 11.5 Å². The molecule has 3 aromatic carbocycles. The molecule has 178 valence electrons. The molecule has 7 heteroatoms. The van der Waals surface area contributed by atoms with Crippen LogP contribution in [0, 0.1) is 0 Å². The number of nitrogens with one attached hydrogen (secondary N) is 1. The molecule has 0 saturated carbocycles. The first kappa shape index (κ1) is 23.8. The molecule has 0 saturated heterocycles. The molecule has 0 amide bonds. The normalized spacial score (nSPS) is 18.4. The van der Waals surface area contributed by atoms with Crippen LogP contribution in [0.2, 0.25) is 0 Å². The number of rotatable bonds is 6. The maximum atomic E-state index is 13.1. The van der Waals surface area contributed by atoms with Crippen LogP contribution in [0.4, 0.5) is 13.2 Å². The summed E-state index contributed by atoms with van der Waals surface area (Å²) in [5.74, 6) is 0.444. The zero-order valence-electron chi connectivity index (χ0n) is 19.1. The number of phenols is 1. The summed E-state index contributed by atoms with van der Waals surface area (Å²) in [6.45, 7) is 4.35. The number of ether oxygens (including phenoxy) is 1. The lowest BCUT2D eigenvalue weighted by atomic mass is 9.92. The second-order valence-electron chi connectivity index (χ2n) is 8.20. The molecule has 2 N–H and O–H groups in total. The van der Waals surface area contributed by atoms with Crippen LogP contribution >= 0.6 is 0 Å². The van der Waals surface area contributed by atoms with E-state index in [-0.39, 0.29) is 11.8 Å². The Hall–Kier alpha value is -3.32. The molecule has 0 spiro atoms. The third-order valence-corrected chi connectivity index (χ3v) is 6.00. The predicted molar refractivity (Wildman–Crippen MR) is 126 cm³/mol. The number of aliphatic imine (C=N–C) groups is 1. The molecule has 0 unspecified atom stereocenters. The van der Waals surface area contributed by atoms with Crippen molar-refractivity contribution >= 4 is 5.71 Å². The van der Waals surface area contributed by atoms with E-state index in [4.69, 9.17) is 9.73 Å². The molecule has 4 rings (SSSR count). The zero-order valence-corrected chi connectivity index (χ0v) is 19.1. The molecular formula is C27H27F3N2O2. The van der Waals surface area contributed by atoms with E-state index in [0.29, 0.717) is 29.9 Å². The van der Waals surface area contributed by atoms with E-state index < -0.39 is 17.9 Å². The zero-order chi connectivity index (χ0) is 24.3. The molecule has 4 nitrogen and oxygen atoms in total. The van der Waals surface area contributed by atoms with Gasteiger partial charge in [0.2, 0.25) is 0 Å². The first-order valence-corrected chi connectivity index (χ1v) is 11.3. The summed E-state index contributed by atoms with van der Waals surface area (Å²) in [7, 11) is 0. The van der Waals surface area contributed by atoms with E-state index in [1.54, 1.807) is 6.07 Å². The van der Waals surface area contributed by atoms with Crippen LogP contribution in [-0.4, -0.2) is 17.4 Å². The van der Waals surface area contributed by atoms with Crippen LogP contribution in [0.25, 0.3) is 0 Å². The van der Waals surface area contributed by atoms with Gasteiger partial charge in [-0.15, -0.1) is 0 Å². The minimum Gasteiger partial charge on any atom is -0.504 e. The van der Waals surface area contributed by atoms with Crippen molar-refractivity contribution in [2.75, 3.05) is 6.61 Å². The summed E-state index contributed by atoms with van der Waals surface area (Å²) in [5.41, 5.74) is 3.53. The topological polar surface area (TPSA) is 53.8 Å². The third-order valence-electron chi connectivity index (χ3n) is 6.00. The fourth-order valence-electron chi connectivity index (χ4n) is 4.13. The van der Waals surface area contributed by atoms with Crippen molar-refractivity contribution in [1.29, 1.82) is 0 Å². The van der Waals surface area contributed by atoms with Gasteiger partial charge in [-0.2, -0.15) is 13.2 Å². The largest absolute Gasteiger partial charge is 0.504 e. The molecule has 0 aliphatic carbocycles. The maximum Gasteiger partial charge on any atom is 0.416 e. The van der Waals surface area contributed by atoms with Gasteiger partial charge in [0.05, 0.1) is 12.2 Å². The summed E-state index contributed by atoms with van der Waals surface area (Å²) >= 11 is 0. The fourth-order valence-corrected chi connectivity index (χ4v) is 4.13. The Balaban J connectivity index is 1.73. The van der Waals surface area contributed by atoms with Gasteiger partial charge in [0.25, 0.3) is 0 Å². The van der Waals surface area contributed by atoms with Crippen LogP contribution < -0.4 is 10.1 Å². The fraction of sp³-hybridized carbons (Fsp3) is 0.296. The van der Waals surface area contributed by atoms with Gasteiger partial charge in [-0.25, -0.2) is 0 Å². The molecular weight excluding hydrogens is 441 g/mol. The molecule has 0 bridgehead atoms. The standard InChI is InChI=1S/C27H27F3N2O2/c1-3-17-8-10-18(11-9-17)22-16-23(21-6-5-7-24(25(21)33)34-4-2)32-26(31-22)19-12-14-20(15-13-19)27(28,29)30/h5-15,23,26,32-33H,3-4,16H2,1-2H3/t23-,26-/m0/s1. The van der Waals surface area contributed by atoms with Crippen LogP contribution in [0.1, 0.15) is 60.3 Å². The van der Waals surface area contributed by atoms with Crippen molar-refractivity contribution in [3.63, 3.8) is 0 Å². The van der Waals surface area contributed by atoms with Crippen molar-refractivity contribution in [2.24, 2.45) is 4.99 Å². The minimum absolute atomic E-state index is 0.0515. The molecule has 34 heavy (non-hydrogen) atoms. The Morgan fingerprint density at radius 1 is 1.00 bits per heavy atom. The highest BCUT2D eigenvalue weighted by atomic mass is 19.4. The van der Waals surface area contributed by atoms with Crippen LogP contribution in [0.5, 0.6) is 11.5 Å². The van der Waals surface area contributed by atoms with E-state index in [1.165, 1.54) is 17.7 Å². The van der Waals surface area contributed by atoms with E-state index in [2.05, 4.69) is 24.4 Å². The van der Waals surface area contributed by atoms with Gasteiger partial charge in [0, 0.05) is 23.7 Å². The van der Waals surface area contributed by atoms with Gasteiger partial charge < -0.3 is 9.84 Å². The highest BCUT2D eigenvalue weighted by Crippen LogP contribution is 2.39. The molecule has 1 heterocycles. The lowest BCUT2D eigenvalue weighted by molar-refractivity contribution is -0.137. The van der Waals surface area contributed by atoms with Gasteiger partial charge in [0.15, 0.2) is 11.5 Å². The minimum atomic E-state index is -4.40. The summed E-state index contributed by atoms with van der Waals surface area (Å²) in [4.78, 5) is 4.85. The molecule has 0 radical (unpaired) electrons. The second-order valence-corrected chi connectivity index (χ2v) is 8.20. The predicted octanol–water partition coefficient (Wildman–Crippen LogP) is 6.59. The number of alkyl halides is 3.